The number of rotatable bonds is 6. The number of fused-ring (bicyclic) bond motifs is 1. The van der Waals surface area contributed by atoms with Crippen LogP contribution in [-0.2, 0) is 21.4 Å². The number of carbonyl (C=O) groups is 1. The molecule has 1 aliphatic heterocycles. The van der Waals surface area contributed by atoms with Crippen LogP contribution in [0.1, 0.15) is 12.8 Å². The second-order valence-corrected chi connectivity index (χ2v) is 11.2. The summed E-state index contributed by atoms with van der Waals surface area (Å²) in [6.07, 6.45) is 8.57. The van der Waals surface area contributed by atoms with E-state index < -0.39 is 22.0 Å². The van der Waals surface area contributed by atoms with Gasteiger partial charge in [-0.15, -0.1) is 18.2 Å². The molecule has 4 rings (SSSR count). The highest BCUT2D eigenvalue weighted by atomic mass is 32.2. The largest absolute Gasteiger partial charge is 0.497 e. The molecule has 0 bridgehead atoms. The first kappa shape index (κ1) is 23.6. The molecule has 1 fully saturated rings. The van der Waals surface area contributed by atoms with Gasteiger partial charge in [-0.25, -0.2) is 8.42 Å². The van der Waals surface area contributed by atoms with Crippen LogP contribution >= 0.6 is 23.1 Å². The fraction of sp³-hybridized carbons (Fsp3) is 0.304. The minimum absolute atomic E-state index is 0.122. The van der Waals surface area contributed by atoms with E-state index in [1.165, 1.54) is 34.9 Å². The number of benzene rings is 2. The molecule has 1 unspecified atom stereocenters. The van der Waals surface area contributed by atoms with Crippen molar-refractivity contribution in [1.82, 2.24) is 8.87 Å². The first-order valence-electron chi connectivity index (χ1n) is 10.2. The molecule has 0 N–H and O–H groups in total. The summed E-state index contributed by atoms with van der Waals surface area (Å²) >= 11 is 3.00. The van der Waals surface area contributed by atoms with Gasteiger partial charge in [0.1, 0.15) is 11.8 Å². The summed E-state index contributed by atoms with van der Waals surface area (Å²) in [5.41, 5.74) is 0.899. The lowest BCUT2D eigenvalue weighted by Gasteiger charge is -2.21. The van der Waals surface area contributed by atoms with Crippen LogP contribution in [0.4, 0.5) is 0 Å². The Balaban J connectivity index is 1.70. The normalized spacial score (nSPS) is 17.4. The van der Waals surface area contributed by atoms with Gasteiger partial charge in [0.05, 0.1) is 28.8 Å². The monoisotopic (exact) mass is 501 g/mol. The van der Waals surface area contributed by atoms with Gasteiger partial charge in [-0.2, -0.15) is 9.30 Å². The molecule has 0 radical (unpaired) electrons. The molecule has 1 saturated heterocycles. The molecule has 10 heteroatoms. The van der Waals surface area contributed by atoms with Crippen LogP contribution in [0.2, 0.25) is 0 Å². The topological polar surface area (TPSA) is 81.0 Å². The van der Waals surface area contributed by atoms with Crippen LogP contribution < -0.4 is 9.54 Å². The Morgan fingerprint density at radius 3 is 2.73 bits per heavy atom. The molecule has 0 saturated carbocycles. The van der Waals surface area contributed by atoms with Crippen molar-refractivity contribution in [1.29, 1.82) is 0 Å². The van der Waals surface area contributed by atoms with Crippen molar-refractivity contribution in [3.8, 4) is 18.1 Å². The molecule has 33 heavy (non-hydrogen) atoms. The number of hydrogen-bond donors (Lipinski definition) is 0. The number of aromatic nitrogens is 1. The van der Waals surface area contributed by atoms with Crippen molar-refractivity contribution in [2.45, 2.75) is 35.2 Å². The van der Waals surface area contributed by atoms with E-state index in [0.29, 0.717) is 23.4 Å². The summed E-state index contributed by atoms with van der Waals surface area (Å²) in [4.78, 5) is 19.2. The molecule has 0 spiro atoms. The molecular weight excluding hydrogens is 478 g/mol. The highest BCUT2D eigenvalue weighted by molar-refractivity contribution is 7.98. The zero-order valence-electron chi connectivity index (χ0n) is 18.2. The maximum absolute atomic E-state index is 13.2. The summed E-state index contributed by atoms with van der Waals surface area (Å²) in [5, 5.41) is 0. The SMILES string of the molecule is C#CCn1c(=NC(=O)C2CCCN2S(=O)(=O)c2ccc(OC)cc2)sc2cc(SC)ccc21. The molecular formula is C23H23N3O4S3. The van der Waals surface area contributed by atoms with E-state index in [4.69, 9.17) is 11.2 Å². The Morgan fingerprint density at radius 2 is 2.06 bits per heavy atom. The quantitative estimate of drug-likeness (QED) is 0.382. The molecule has 2 heterocycles. The van der Waals surface area contributed by atoms with E-state index in [1.807, 2.05) is 29.0 Å². The van der Waals surface area contributed by atoms with Gasteiger partial charge >= 0.3 is 0 Å². The Kier molecular flexibility index (Phi) is 6.95. The van der Waals surface area contributed by atoms with Gasteiger partial charge in [0, 0.05) is 11.4 Å². The third-order valence-electron chi connectivity index (χ3n) is 5.50. The van der Waals surface area contributed by atoms with Crippen LogP contribution in [-0.4, -0.2) is 49.1 Å². The summed E-state index contributed by atoms with van der Waals surface area (Å²) < 4.78 is 35.6. The average Bonchev–Trinajstić information content (AvgIpc) is 3.45. The molecule has 2 aromatic carbocycles. The lowest BCUT2D eigenvalue weighted by molar-refractivity contribution is -0.121. The van der Waals surface area contributed by atoms with E-state index >= 15 is 0 Å². The third kappa shape index (κ3) is 4.59. The van der Waals surface area contributed by atoms with E-state index in [2.05, 4.69) is 10.9 Å². The van der Waals surface area contributed by atoms with Gasteiger partial charge in [-0.3, -0.25) is 4.79 Å². The number of ether oxygens (including phenoxy) is 1. The smallest absolute Gasteiger partial charge is 0.266 e. The number of methoxy groups -OCH3 is 1. The lowest BCUT2D eigenvalue weighted by atomic mass is 10.2. The van der Waals surface area contributed by atoms with Crippen molar-refractivity contribution in [2.75, 3.05) is 19.9 Å². The van der Waals surface area contributed by atoms with Crippen molar-refractivity contribution in [2.24, 2.45) is 4.99 Å². The molecule has 7 nitrogen and oxygen atoms in total. The molecule has 3 aromatic rings. The lowest BCUT2D eigenvalue weighted by Crippen LogP contribution is -2.40. The Labute approximate surface area is 201 Å². The van der Waals surface area contributed by atoms with E-state index in [-0.39, 0.29) is 18.0 Å². The van der Waals surface area contributed by atoms with Gasteiger partial charge in [0.25, 0.3) is 5.91 Å². The Bertz CT molecular complexity index is 1400. The van der Waals surface area contributed by atoms with Crippen LogP contribution in [0.15, 0.2) is 57.2 Å². The van der Waals surface area contributed by atoms with E-state index in [1.54, 1.807) is 23.9 Å². The second kappa shape index (κ2) is 9.73. The number of thioether (sulfide) groups is 1. The Hall–Kier alpha value is -2.58. The van der Waals surface area contributed by atoms with E-state index in [9.17, 15) is 13.2 Å². The van der Waals surface area contributed by atoms with Crippen LogP contribution in [0, 0.1) is 12.3 Å². The van der Waals surface area contributed by atoms with Crippen LogP contribution in [0.3, 0.4) is 0 Å². The summed E-state index contributed by atoms with van der Waals surface area (Å²) in [6.45, 7) is 0.539. The van der Waals surface area contributed by atoms with Crippen LogP contribution in [0.25, 0.3) is 10.2 Å². The molecule has 1 aromatic heterocycles. The van der Waals surface area contributed by atoms with E-state index in [0.717, 1.165) is 15.1 Å². The summed E-state index contributed by atoms with van der Waals surface area (Å²) in [6, 6.07) is 11.3. The molecule has 0 aliphatic carbocycles. The minimum Gasteiger partial charge on any atom is -0.497 e. The van der Waals surface area contributed by atoms with Gasteiger partial charge < -0.3 is 9.30 Å². The summed E-state index contributed by atoms with van der Waals surface area (Å²) in [7, 11) is -2.33. The summed E-state index contributed by atoms with van der Waals surface area (Å²) in [5.74, 6) is 2.70. The van der Waals surface area contributed by atoms with Crippen molar-refractivity contribution >= 4 is 49.2 Å². The standard InChI is InChI=1S/C23H23N3O4S3/c1-4-13-25-19-12-9-17(31-3)15-21(19)32-23(25)24-22(27)20-6-5-14-26(20)33(28,29)18-10-7-16(30-2)8-11-18/h1,7-12,15,20H,5-6,13-14H2,2-3H3. The number of terminal acetylenes is 1. The second-order valence-electron chi connectivity index (χ2n) is 7.41. The average molecular weight is 502 g/mol. The number of hydrogen-bond acceptors (Lipinski definition) is 6. The van der Waals surface area contributed by atoms with Crippen molar-refractivity contribution < 1.29 is 17.9 Å². The van der Waals surface area contributed by atoms with Crippen molar-refractivity contribution in [3.63, 3.8) is 0 Å². The zero-order chi connectivity index (χ0) is 23.6. The van der Waals surface area contributed by atoms with Gasteiger partial charge in [-0.1, -0.05) is 17.3 Å². The Morgan fingerprint density at radius 1 is 1.30 bits per heavy atom. The number of thiazole rings is 1. The van der Waals surface area contributed by atoms with Crippen LogP contribution in [0.5, 0.6) is 5.75 Å². The highest BCUT2D eigenvalue weighted by Crippen LogP contribution is 2.28. The number of carbonyl (C=O) groups excluding carboxylic acids is 1. The fourth-order valence-electron chi connectivity index (χ4n) is 3.84. The molecule has 172 valence electrons. The van der Waals surface area contributed by atoms with Gasteiger partial charge in [0.15, 0.2) is 4.80 Å². The maximum atomic E-state index is 13.2. The maximum Gasteiger partial charge on any atom is 0.266 e. The van der Waals surface area contributed by atoms with Gasteiger partial charge in [0.2, 0.25) is 10.0 Å². The minimum atomic E-state index is -3.85. The molecule has 1 aliphatic rings. The third-order valence-corrected chi connectivity index (χ3v) is 9.19. The molecule has 1 atom stereocenters. The predicted octanol–water partition coefficient (Wildman–Crippen LogP) is 3.35. The first-order chi connectivity index (χ1) is 15.9. The molecule has 1 amide bonds. The zero-order valence-corrected chi connectivity index (χ0v) is 20.7. The first-order valence-corrected chi connectivity index (χ1v) is 13.7. The van der Waals surface area contributed by atoms with Crippen molar-refractivity contribution in [3.05, 3.63) is 47.3 Å². The number of sulfonamides is 1. The van der Waals surface area contributed by atoms with Gasteiger partial charge in [-0.05, 0) is 61.6 Å². The number of amides is 1. The predicted molar refractivity (Wildman–Crippen MR) is 131 cm³/mol. The number of nitrogens with zero attached hydrogens (tertiary/aromatic N) is 3. The fourth-order valence-corrected chi connectivity index (χ4v) is 7.08. The highest BCUT2D eigenvalue weighted by Gasteiger charge is 2.39.